The van der Waals surface area contributed by atoms with E-state index < -0.39 is 5.60 Å². The lowest BCUT2D eigenvalue weighted by Crippen LogP contribution is -2.41. The molecule has 0 aromatic heterocycles. The minimum absolute atomic E-state index is 0.0246. The van der Waals surface area contributed by atoms with Gasteiger partial charge in [0.2, 0.25) is 0 Å². The van der Waals surface area contributed by atoms with E-state index in [0.29, 0.717) is 24.3 Å². The summed E-state index contributed by atoms with van der Waals surface area (Å²) in [4.78, 5) is 0. The summed E-state index contributed by atoms with van der Waals surface area (Å²) in [7, 11) is 3.11. The molecule has 2 rings (SSSR count). The molecule has 0 spiro atoms. The number of methoxy groups -OCH3 is 2. The maximum absolute atomic E-state index is 11.2. The Morgan fingerprint density at radius 1 is 1.09 bits per heavy atom. The van der Waals surface area contributed by atoms with Gasteiger partial charge in [-0.05, 0) is 26.0 Å². The van der Waals surface area contributed by atoms with Crippen molar-refractivity contribution in [3.8, 4) is 11.5 Å². The molecule has 1 saturated heterocycles. The van der Waals surface area contributed by atoms with Gasteiger partial charge in [-0.1, -0.05) is 0 Å². The normalized spacial score (nSPS) is 27.7. The standard InChI is InChI=1S/C17H26O6/c1-12-8-17(18,9-13(2)23-12)15-6-5-14(21-10-19-3)7-16(15)22-11-20-4/h5-7,12-13,18H,8-11H2,1-4H3. The van der Waals surface area contributed by atoms with Crippen molar-refractivity contribution in [2.24, 2.45) is 0 Å². The van der Waals surface area contributed by atoms with Gasteiger partial charge in [-0.25, -0.2) is 0 Å². The third-order valence-corrected chi connectivity index (χ3v) is 3.85. The van der Waals surface area contributed by atoms with Crippen molar-refractivity contribution in [1.29, 1.82) is 0 Å². The lowest BCUT2D eigenvalue weighted by atomic mass is 9.81. The summed E-state index contributed by atoms with van der Waals surface area (Å²) in [6.07, 6.45) is 0.977. The predicted octanol–water partition coefficient (Wildman–Crippen LogP) is 2.43. The van der Waals surface area contributed by atoms with Crippen LogP contribution in [0.15, 0.2) is 18.2 Å². The fraction of sp³-hybridized carbons (Fsp3) is 0.647. The summed E-state index contributed by atoms with van der Waals surface area (Å²) in [6, 6.07) is 5.38. The highest BCUT2D eigenvalue weighted by atomic mass is 16.7. The second-order valence-electron chi connectivity index (χ2n) is 5.96. The zero-order valence-corrected chi connectivity index (χ0v) is 14.2. The smallest absolute Gasteiger partial charge is 0.188 e. The maximum Gasteiger partial charge on any atom is 0.188 e. The molecule has 1 N–H and O–H groups in total. The first-order valence-corrected chi connectivity index (χ1v) is 7.74. The molecule has 1 fully saturated rings. The topological polar surface area (TPSA) is 66.4 Å². The first kappa shape index (κ1) is 18.0. The van der Waals surface area contributed by atoms with E-state index >= 15 is 0 Å². The molecule has 0 radical (unpaired) electrons. The van der Waals surface area contributed by atoms with Crippen LogP contribution in [0.1, 0.15) is 32.3 Å². The highest BCUT2D eigenvalue weighted by Gasteiger charge is 2.40. The summed E-state index contributed by atoms with van der Waals surface area (Å²) in [5.41, 5.74) is -0.277. The zero-order valence-electron chi connectivity index (χ0n) is 14.2. The Bertz CT molecular complexity index is 494. The van der Waals surface area contributed by atoms with Crippen LogP contribution < -0.4 is 9.47 Å². The van der Waals surface area contributed by atoms with Gasteiger partial charge < -0.3 is 28.8 Å². The van der Waals surface area contributed by atoms with Gasteiger partial charge in [-0.3, -0.25) is 0 Å². The highest BCUT2D eigenvalue weighted by molar-refractivity contribution is 5.44. The second-order valence-corrected chi connectivity index (χ2v) is 5.96. The average molecular weight is 326 g/mol. The Morgan fingerprint density at radius 2 is 1.70 bits per heavy atom. The van der Waals surface area contributed by atoms with Crippen molar-refractivity contribution in [3.05, 3.63) is 23.8 Å². The van der Waals surface area contributed by atoms with E-state index in [-0.39, 0.29) is 25.8 Å². The van der Waals surface area contributed by atoms with E-state index in [0.717, 1.165) is 5.56 Å². The van der Waals surface area contributed by atoms with Crippen LogP contribution in [0.5, 0.6) is 11.5 Å². The number of benzene rings is 1. The molecule has 0 bridgehead atoms. The maximum atomic E-state index is 11.2. The summed E-state index contributed by atoms with van der Waals surface area (Å²) < 4.78 is 26.7. The number of hydrogen-bond acceptors (Lipinski definition) is 6. The van der Waals surface area contributed by atoms with Gasteiger partial charge in [0.25, 0.3) is 0 Å². The lowest BCUT2D eigenvalue weighted by Gasteiger charge is -2.40. The molecule has 1 aliphatic heterocycles. The largest absolute Gasteiger partial charge is 0.467 e. The van der Waals surface area contributed by atoms with Gasteiger partial charge in [0.15, 0.2) is 13.6 Å². The van der Waals surface area contributed by atoms with Crippen molar-refractivity contribution in [2.45, 2.75) is 44.5 Å². The van der Waals surface area contributed by atoms with Gasteiger partial charge in [0.1, 0.15) is 11.5 Å². The average Bonchev–Trinajstić information content (AvgIpc) is 2.49. The molecular weight excluding hydrogens is 300 g/mol. The van der Waals surface area contributed by atoms with Crippen molar-refractivity contribution in [2.75, 3.05) is 27.8 Å². The van der Waals surface area contributed by atoms with E-state index in [1.165, 1.54) is 0 Å². The van der Waals surface area contributed by atoms with Crippen LogP contribution in [-0.4, -0.2) is 45.1 Å². The van der Waals surface area contributed by atoms with E-state index in [2.05, 4.69) is 0 Å². The van der Waals surface area contributed by atoms with Gasteiger partial charge >= 0.3 is 0 Å². The molecule has 1 aliphatic rings. The number of rotatable bonds is 7. The SMILES string of the molecule is COCOc1ccc(C2(O)CC(C)OC(C)C2)c(OCOC)c1. The summed E-state index contributed by atoms with van der Waals surface area (Å²) in [6.45, 7) is 4.17. The van der Waals surface area contributed by atoms with Crippen LogP contribution in [0.3, 0.4) is 0 Å². The molecule has 2 unspecified atom stereocenters. The Morgan fingerprint density at radius 3 is 2.30 bits per heavy atom. The van der Waals surface area contributed by atoms with Gasteiger partial charge in [0, 0.05) is 38.7 Å². The zero-order chi connectivity index (χ0) is 16.9. The highest BCUT2D eigenvalue weighted by Crippen LogP contribution is 2.42. The molecule has 130 valence electrons. The van der Waals surface area contributed by atoms with Crippen LogP contribution >= 0.6 is 0 Å². The first-order valence-electron chi connectivity index (χ1n) is 7.74. The molecule has 1 heterocycles. The Kier molecular flexibility index (Phi) is 6.24. The molecule has 6 heteroatoms. The molecule has 1 aromatic carbocycles. The molecule has 1 aromatic rings. The van der Waals surface area contributed by atoms with Gasteiger partial charge in [-0.2, -0.15) is 0 Å². The van der Waals surface area contributed by atoms with E-state index in [9.17, 15) is 5.11 Å². The van der Waals surface area contributed by atoms with Gasteiger partial charge in [-0.15, -0.1) is 0 Å². The molecule has 6 nitrogen and oxygen atoms in total. The fourth-order valence-corrected chi connectivity index (χ4v) is 3.09. The summed E-state index contributed by atoms with van der Waals surface area (Å²) >= 11 is 0. The third-order valence-electron chi connectivity index (χ3n) is 3.85. The molecule has 0 saturated carbocycles. The number of hydrogen-bond donors (Lipinski definition) is 1. The Labute approximate surface area is 137 Å². The minimum Gasteiger partial charge on any atom is -0.467 e. The molecule has 2 atom stereocenters. The van der Waals surface area contributed by atoms with Crippen molar-refractivity contribution in [1.82, 2.24) is 0 Å². The van der Waals surface area contributed by atoms with Gasteiger partial charge in [0.05, 0.1) is 17.8 Å². The fourth-order valence-electron chi connectivity index (χ4n) is 3.09. The minimum atomic E-state index is -1.00. The second kappa shape index (κ2) is 7.97. The molecule has 0 amide bonds. The Balaban J connectivity index is 2.31. The number of aliphatic hydroxyl groups is 1. The molecule has 23 heavy (non-hydrogen) atoms. The Hall–Kier alpha value is -1.34. The lowest BCUT2D eigenvalue weighted by molar-refractivity contribution is -0.136. The van der Waals surface area contributed by atoms with Crippen molar-refractivity contribution >= 4 is 0 Å². The number of ether oxygens (including phenoxy) is 5. The summed E-state index contributed by atoms with van der Waals surface area (Å²) in [5.74, 6) is 1.16. The third kappa shape index (κ3) is 4.57. The van der Waals surface area contributed by atoms with Crippen LogP contribution in [0.2, 0.25) is 0 Å². The predicted molar refractivity (Wildman–Crippen MR) is 84.6 cm³/mol. The van der Waals surface area contributed by atoms with E-state index in [4.69, 9.17) is 23.7 Å². The first-order chi connectivity index (χ1) is 11.0. The quantitative estimate of drug-likeness (QED) is 0.776. The van der Waals surface area contributed by atoms with Crippen LogP contribution in [0, 0.1) is 0 Å². The van der Waals surface area contributed by atoms with Crippen molar-refractivity contribution < 1.29 is 28.8 Å². The van der Waals surface area contributed by atoms with Crippen LogP contribution in [0.4, 0.5) is 0 Å². The van der Waals surface area contributed by atoms with Crippen LogP contribution in [0.25, 0.3) is 0 Å². The molecular formula is C17H26O6. The summed E-state index contributed by atoms with van der Waals surface area (Å²) in [5, 5.41) is 11.2. The van der Waals surface area contributed by atoms with E-state index in [1.54, 1.807) is 26.4 Å². The van der Waals surface area contributed by atoms with Crippen molar-refractivity contribution in [3.63, 3.8) is 0 Å². The monoisotopic (exact) mass is 326 g/mol. The molecule has 0 aliphatic carbocycles. The van der Waals surface area contributed by atoms with Crippen LogP contribution in [-0.2, 0) is 19.8 Å². The van der Waals surface area contributed by atoms with E-state index in [1.807, 2.05) is 19.9 Å².